The molecule has 25 heavy (non-hydrogen) atoms. The number of anilines is 1. The largest absolute Gasteiger partial charge is 0.452 e. The Morgan fingerprint density at radius 3 is 2.48 bits per heavy atom. The van der Waals surface area contributed by atoms with Gasteiger partial charge in [0.2, 0.25) is 0 Å². The highest BCUT2D eigenvalue weighted by molar-refractivity contribution is 5.77. The van der Waals surface area contributed by atoms with Gasteiger partial charge >= 0.3 is 6.09 Å². The summed E-state index contributed by atoms with van der Waals surface area (Å²) in [6.07, 6.45) is 4.15. The van der Waals surface area contributed by atoms with E-state index in [0.717, 1.165) is 36.2 Å². The second-order valence-corrected chi connectivity index (χ2v) is 6.16. The lowest BCUT2D eigenvalue weighted by Crippen LogP contribution is -2.36. The van der Waals surface area contributed by atoms with E-state index in [9.17, 15) is 4.79 Å². The van der Waals surface area contributed by atoms with Crippen LogP contribution in [0, 0.1) is 13.8 Å². The molecule has 0 spiro atoms. The maximum absolute atomic E-state index is 12.1. The lowest BCUT2D eigenvalue weighted by Gasteiger charge is -2.25. The first-order valence-electron chi connectivity index (χ1n) is 8.38. The van der Waals surface area contributed by atoms with Gasteiger partial charge in [-0.1, -0.05) is 0 Å². The van der Waals surface area contributed by atoms with E-state index < -0.39 is 6.09 Å². The Kier molecular flexibility index (Phi) is 5.02. The van der Waals surface area contributed by atoms with Crippen molar-refractivity contribution in [2.24, 2.45) is 0 Å². The molecule has 0 saturated carbocycles. The molecule has 0 radical (unpaired) electrons. The van der Waals surface area contributed by atoms with Gasteiger partial charge in [-0.15, -0.1) is 0 Å². The number of hydrogen-bond donors (Lipinski definition) is 1. The molecule has 1 saturated heterocycles. The first-order chi connectivity index (χ1) is 12.1. The quantitative estimate of drug-likeness (QED) is 0.523. The minimum atomic E-state index is -0.472. The van der Waals surface area contributed by atoms with Crippen molar-refractivity contribution in [2.45, 2.75) is 33.1 Å². The zero-order valence-corrected chi connectivity index (χ0v) is 14.5. The van der Waals surface area contributed by atoms with Crippen LogP contribution in [0.4, 0.5) is 10.5 Å². The fraction of sp³-hybridized carbons (Fsp3) is 0.389. The van der Waals surface area contributed by atoms with Crippen LogP contribution < -0.4 is 10.6 Å². The molecule has 2 heterocycles. The van der Waals surface area contributed by atoms with Crippen LogP contribution in [0.25, 0.3) is 11.1 Å². The van der Waals surface area contributed by atoms with Crippen LogP contribution in [0.2, 0.25) is 0 Å². The molecule has 2 aromatic rings. The van der Waals surface area contributed by atoms with Crippen LogP contribution in [0.1, 0.15) is 30.7 Å². The number of piperidine rings is 1. The third-order valence-corrected chi connectivity index (χ3v) is 4.32. The van der Waals surface area contributed by atoms with E-state index in [1.165, 1.54) is 6.33 Å². The maximum Gasteiger partial charge on any atom is 0.452 e. The van der Waals surface area contributed by atoms with Crippen molar-refractivity contribution in [2.75, 3.05) is 18.8 Å². The lowest BCUT2D eigenvalue weighted by molar-refractivity contribution is -0.154. The van der Waals surface area contributed by atoms with Gasteiger partial charge in [-0.25, -0.2) is 19.7 Å². The summed E-state index contributed by atoms with van der Waals surface area (Å²) in [7, 11) is 0. The van der Waals surface area contributed by atoms with E-state index >= 15 is 0 Å². The van der Waals surface area contributed by atoms with Gasteiger partial charge < -0.3 is 10.6 Å². The molecule has 2 N–H and O–H groups in total. The Hall–Kier alpha value is -2.83. The first kappa shape index (κ1) is 17.0. The number of likely N-dealkylation sites (tertiary alicyclic amines) is 1. The van der Waals surface area contributed by atoms with E-state index in [4.69, 9.17) is 15.5 Å². The Labute approximate surface area is 146 Å². The fourth-order valence-corrected chi connectivity index (χ4v) is 3.01. The highest BCUT2D eigenvalue weighted by Crippen LogP contribution is 2.35. The normalized spacial score (nSPS) is 14.2. The standard InChI is InChI=1S/C18H22N4O3/c1-12-17(13(2)21-11-20-12)15-10-14(19)6-7-16(15)24-25-18(23)22-8-4-3-5-9-22/h6-7,10-11H,3-5,8-9,19H2,1-2H3. The Morgan fingerprint density at radius 1 is 1.12 bits per heavy atom. The van der Waals surface area contributed by atoms with Gasteiger partial charge in [-0.3, -0.25) is 4.89 Å². The molecular weight excluding hydrogens is 320 g/mol. The molecule has 1 aliphatic rings. The summed E-state index contributed by atoms with van der Waals surface area (Å²) >= 11 is 0. The number of carbonyl (C=O) groups is 1. The van der Waals surface area contributed by atoms with Crippen molar-refractivity contribution in [3.8, 4) is 16.9 Å². The summed E-state index contributed by atoms with van der Waals surface area (Å²) in [5, 5.41) is 0. The minimum Gasteiger partial charge on any atom is -0.399 e. The molecule has 0 atom stereocenters. The number of aryl methyl sites for hydroxylation is 2. The summed E-state index contributed by atoms with van der Waals surface area (Å²) in [6, 6.07) is 5.14. The maximum atomic E-state index is 12.1. The SMILES string of the molecule is Cc1ncnc(C)c1-c1cc(N)ccc1OOC(=O)N1CCCCC1. The Balaban J connectivity index is 1.83. The summed E-state index contributed by atoms with van der Waals surface area (Å²) in [6.45, 7) is 5.16. The topological polar surface area (TPSA) is 90.6 Å². The van der Waals surface area contributed by atoms with Crippen molar-refractivity contribution >= 4 is 11.8 Å². The van der Waals surface area contributed by atoms with E-state index in [-0.39, 0.29) is 0 Å². The van der Waals surface area contributed by atoms with Crippen LogP contribution in [0.3, 0.4) is 0 Å². The van der Waals surface area contributed by atoms with Crippen molar-refractivity contribution in [1.82, 2.24) is 14.9 Å². The van der Waals surface area contributed by atoms with Gasteiger partial charge in [-0.2, -0.15) is 0 Å². The van der Waals surface area contributed by atoms with Crippen molar-refractivity contribution in [3.63, 3.8) is 0 Å². The Bertz CT molecular complexity index is 753. The molecule has 1 aromatic carbocycles. The van der Waals surface area contributed by atoms with E-state index in [2.05, 4.69) is 9.97 Å². The van der Waals surface area contributed by atoms with Gasteiger partial charge in [0.05, 0.1) is 0 Å². The number of benzene rings is 1. The fourth-order valence-electron chi connectivity index (χ4n) is 3.01. The van der Waals surface area contributed by atoms with E-state index in [0.29, 0.717) is 30.1 Å². The predicted molar refractivity (Wildman–Crippen MR) is 93.9 cm³/mol. The van der Waals surface area contributed by atoms with E-state index in [1.807, 2.05) is 13.8 Å². The number of nitrogens with zero attached hydrogens (tertiary/aromatic N) is 3. The number of nitrogen functional groups attached to an aromatic ring is 1. The third-order valence-electron chi connectivity index (χ3n) is 4.32. The molecule has 132 valence electrons. The lowest BCUT2D eigenvalue weighted by atomic mass is 10.0. The molecule has 7 heteroatoms. The molecular formula is C18H22N4O3. The molecule has 0 bridgehead atoms. The molecule has 0 unspecified atom stereocenters. The molecule has 3 rings (SSSR count). The number of hydrogen-bond acceptors (Lipinski definition) is 6. The highest BCUT2D eigenvalue weighted by atomic mass is 17.2. The van der Waals surface area contributed by atoms with Gasteiger partial charge in [0.15, 0.2) is 5.75 Å². The molecule has 0 aliphatic carbocycles. The highest BCUT2D eigenvalue weighted by Gasteiger charge is 2.21. The summed E-state index contributed by atoms with van der Waals surface area (Å²) in [5.74, 6) is 0.403. The van der Waals surface area contributed by atoms with E-state index in [1.54, 1.807) is 23.1 Å². The number of carbonyl (C=O) groups excluding carboxylic acids is 1. The van der Waals surface area contributed by atoms with Gasteiger partial charge in [-0.05, 0) is 51.3 Å². The summed E-state index contributed by atoms with van der Waals surface area (Å²) in [5.41, 5.74) is 9.61. The molecule has 1 amide bonds. The van der Waals surface area contributed by atoms with Crippen molar-refractivity contribution < 1.29 is 14.6 Å². The van der Waals surface area contributed by atoms with Gasteiger partial charge in [0, 0.05) is 41.3 Å². The number of amides is 1. The van der Waals surface area contributed by atoms with Gasteiger partial charge in [0.25, 0.3) is 0 Å². The van der Waals surface area contributed by atoms with Crippen molar-refractivity contribution in [3.05, 3.63) is 35.9 Å². The monoisotopic (exact) mass is 342 g/mol. The molecule has 1 fully saturated rings. The van der Waals surface area contributed by atoms with Crippen LogP contribution in [-0.4, -0.2) is 34.1 Å². The molecule has 1 aliphatic heterocycles. The van der Waals surface area contributed by atoms with Crippen LogP contribution >= 0.6 is 0 Å². The van der Waals surface area contributed by atoms with Crippen LogP contribution in [0.15, 0.2) is 24.5 Å². The molecule has 7 nitrogen and oxygen atoms in total. The van der Waals surface area contributed by atoms with Crippen LogP contribution in [-0.2, 0) is 4.89 Å². The number of rotatable bonds is 3. The third kappa shape index (κ3) is 3.81. The van der Waals surface area contributed by atoms with Gasteiger partial charge in [0.1, 0.15) is 6.33 Å². The second-order valence-electron chi connectivity index (χ2n) is 6.16. The predicted octanol–water partition coefficient (Wildman–Crippen LogP) is 3.26. The second kappa shape index (κ2) is 7.38. The summed E-state index contributed by atoms with van der Waals surface area (Å²) < 4.78 is 0. The minimum absolute atomic E-state index is 0.403. The van der Waals surface area contributed by atoms with Crippen molar-refractivity contribution in [1.29, 1.82) is 0 Å². The number of nitrogens with two attached hydrogens (primary N) is 1. The smallest absolute Gasteiger partial charge is 0.399 e. The number of aromatic nitrogens is 2. The zero-order valence-electron chi connectivity index (χ0n) is 14.5. The average Bonchev–Trinajstić information content (AvgIpc) is 2.61. The van der Waals surface area contributed by atoms with Crippen LogP contribution in [0.5, 0.6) is 5.75 Å². The first-order valence-corrected chi connectivity index (χ1v) is 8.38. The Morgan fingerprint density at radius 2 is 1.80 bits per heavy atom. The molecule has 1 aromatic heterocycles. The summed E-state index contributed by atoms with van der Waals surface area (Å²) in [4.78, 5) is 32.7. The average molecular weight is 342 g/mol. The zero-order chi connectivity index (χ0) is 17.8.